The molecule has 26 heavy (non-hydrogen) atoms. The van der Waals surface area contributed by atoms with Gasteiger partial charge in [0.1, 0.15) is 10.0 Å². The van der Waals surface area contributed by atoms with Gasteiger partial charge in [-0.25, -0.2) is 0 Å². The van der Waals surface area contributed by atoms with E-state index in [1.807, 2.05) is 0 Å². The Hall–Kier alpha value is -0.390. The van der Waals surface area contributed by atoms with E-state index < -0.39 is 17.4 Å². The van der Waals surface area contributed by atoms with Crippen LogP contribution >= 0.6 is 58.0 Å². The minimum atomic E-state index is -1.57. The highest BCUT2D eigenvalue weighted by atomic mass is 35.5. The molecule has 0 heterocycles. The molecule has 0 radical (unpaired) electrons. The van der Waals surface area contributed by atoms with Crippen LogP contribution in [0, 0.1) is 5.41 Å². The number of benzene rings is 1. The third-order valence-corrected chi connectivity index (χ3v) is 5.86. The summed E-state index contributed by atoms with van der Waals surface area (Å²) < 4.78 is 10.4. The average Bonchev–Trinajstić information content (AvgIpc) is 2.61. The van der Waals surface area contributed by atoms with Gasteiger partial charge in [-0.2, -0.15) is 0 Å². The largest absolute Gasteiger partial charge is 0.465 e. The fraction of sp³-hybridized carbons (Fsp3) is 0.529. The molecule has 0 spiro atoms. The summed E-state index contributed by atoms with van der Waals surface area (Å²) in [6, 6.07) is 0. The van der Waals surface area contributed by atoms with Gasteiger partial charge in [0.2, 0.25) is 0 Å². The highest BCUT2D eigenvalue weighted by Gasteiger charge is 2.41. The lowest BCUT2D eigenvalue weighted by atomic mass is 9.94. The van der Waals surface area contributed by atoms with Crippen LogP contribution in [0.25, 0.3) is 0 Å². The van der Waals surface area contributed by atoms with Gasteiger partial charge in [-0.15, -0.1) is 0 Å². The van der Waals surface area contributed by atoms with Crippen molar-refractivity contribution in [2.75, 3.05) is 6.61 Å². The number of ether oxygens (including phenoxy) is 2. The summed E-state index contributed by atoms with van der Waals surface area (Å²) >= 11 is 29.8. The first-order chi connectivity index (χ1) is 12.1. The van der Waals surface area contributed by atoms with Crippen LogP contribution in [0.4, 0.5) is 0 Å². The Labute approximate surface area is 178 Å². The maximum absolute atomic E-state index is 12.5. The molecule has 0 N–H and O–H groups in total. The summed E-state index contributed by atoms with van der Waals surface area (Å²) in [5.74, 6) is -1.88. The first-order valence-electron chi connectivity index (χ1n) is 7.96. The van der Waals surface area contributed by atoms with Gasteiger partial charge >= 0.3 is 11.9 Å². The van der Waals surface area contributed by atoms with Gasteiger partial charge in [0.15, 0.2) is 11.2 Å². The Kier molecular flexibility index (Phi) is 9.31. The average molecular weight is 465 g/mol. The lowest BCUT2D eigenvalue weighted by molar-refractivity contribution is -0.164. The number of rotatable bonds is 8. The van der Waals surface area contributed by atoms with Gasteiger partial charge in [0.25, 0.3) is 0 Å². The summed E-state index contributed by atoms with van der Waals surface area (Å²) in [6.45, 7) is 5.07. The molecule has 1 aromatic rings. The number of carbonyl (C=O) groups excluding carboxylic acids is 2. The zero-order valence-corrected chi connectivity index (χ0v) is 18.3. The van der Waals surface area contributed by atoms with Crippen molar-refractivity contribution in [3.8, 4) is 5.75 Å². The van der Waals surface area contributed by atoms with Gasteiger partial charge in [-0.1, -0.05) is 84.2 Å². The number of halogens is 5. The standard InChI is InChI=1S/C17H19Cl5O4/c1-4-5-6-7-8-25-15(23)17(2,3)16(24)26-14-12(21)10(19)9(18)11(20)13(14)22/h4-8H2,1-3H3. The van der Waals surface area contributed by atoms with Crippen molar-refractivity contribution in [3.05, 3.63) is 25.1 Å². The number of carbonyl (C=O) groups is 2. The van der Waals surface area contributed by atoms with Crippen LogP contribution in [-0.2, 0) is 14.3 Å². The van der Waals surface area contributed by atoms with Crippen molar-refractivity contribution in [3.63, 3.8) is 0 Å². The molecule has 1 rings (SSSR count). The smallest absolute Gasteiger partial charge is 0.328 e. The van der Waals surface area contributed by atoms with Crippen molar-refractivity contribution < 1.29 is 19.1 Å². The predicted molar refractivity (Wildman–Crippen MR) is 106 cm³/mol. The van der Waals surface area contributed by atoms with E-state index in [1.165, 1.54) is 13.8 Å². The monoisotopic (exact) mass is 462 g/mol. The first-order valence-corrected chi connectivity index (χ1v) is 9.85. The quantitative estimate of drug-likeness (QED) is 0.104. The first kappa shape index (κ1) is 23.6. The van der Waals surface area contributed by atoms with Crippen LogP contribution < -0.4 is 4.74 Å². The highest BCUT2D eigenvalue weighted by molar-refractivity contribution is 6.55. The minimum absolute atomic E-state index is 0.0612. The van der Waals surface area contributed by atoms with Crippen LogP contribution in [0.1, 0.15) is 46.5 Å². The Morgan fingerprint density at radius 1 is 0.808 bits per heavy atom. The molecule has 0 unspecified atom stereocenters. The lowest BCUT2D eigenvalue weighted by Crippen LogP contribution is -2.38. The summed E-state index contributed by atoms with van der Waals surface area (Å²) in [7, 11) is 0. The lowest BCUT2D eigenvalue weighted by Gasteiger charge is -2.22. The van der Waals surface area contributed by atoms with Crippen molar-refractivity contribution >= 4 is 69.9 Å². The van der Waals surface area contributed by atoms with Gasteiger partial charge < -0.3 is 9.47 Å². The molecule has 9 heteroatoms. The molecule has 4 nitrogen and oxygen atoms in total. The van der Waals surface area contributed by atoms with Crippen molar-refractivity contribution in [1.82, 2.24) is 0 Å². The Morgan fingerprint density at radius 3 is 1.81 bits per heavy atom. The van der Waals surface area contributed by atoms with Gasteiger partial charge in [-0.3, -0.25) is 9.59 Å². The second-order valence-corrected chi connectivity index (χ2v) is 8.00. The van der Waals surface area contributed by atoms with E-state index >= 15 is 0 Å². The Bertz CT molecular complexity index is 659. The van der Waals surface area contributed by atoms with Crippen molar-refractivity contribution in [2.45, 2.75) is 46.5 Å². The number of esters is 2. The summed E-state index contributed by atoms with van der Waals surface area (Å²) in [6.07, 6.45) is 3.80. The van der Waals surface area contributed by atoms with Crippen molar-refractivity contribution in [2.24, 2.45) is 5.41 Å². The predicted octanol–water partition coefficient (Wildman–Crippen LogP) is 7.01. The molecular formula is C17H19Cl5O4. The summed E-state index contributed by atoms with van der Waals surface area (Å²) in [4.78, 5) is 24.7. The van der Waals surface area contributed by atoms with E-state index in [4.69, 9.17) is 67.5 Å². The topological polar surface area (TPSA) is 52.6 Å². The molecular weight excluding hydrogens is 445 g/mol. The summed E-state index contributed by atoms with van der Waals surface area (Å²) in [5.41, 5.74) is -1.57. The second-order valence-electron chi connectivity index (χ2n) is 6.11. The van der Waals surface area contributed by atoms with Gasteiger partial charge in [0.05, 0.1) is 21.7 Å². The van der Waals surface area contributed by atoms with Crippen LogP contribution in [0.15, 0.2) is 0 Å². The van der Waals surface area contributed by atoms with Crippen LogP contribution in [0.3, 0.4) is 0 Å². The fourth-order valence-electron chi connectivity index (χ4n) is 1.85. The van der Waals surface area contributed by atoms with E-state index in [0.717, 1.165) is 25.7 Å². The van der Waals surface area contributed by atoms with E-state index in [9.17, 15) is 9.59 Å². The highest BCUT2D eigenvalue weighted by Crippen LogP contribution is 2.48. The molecule has 0 aliphatic rings. The fourth-order valence-corrected chi connectivity index (χ4v) is 3.05. The molecule has 0 amide bonds. The molecule has 0 fully saturated rings. The minimum Gasteiger partial charge on any atom is -0.465 e. The summed E-state index contributed by atoms with van der Waals surface area (Å²) in [5, 5.41) is -0.635. The number of hydrogen-bond acceptors (Lipinski definition) is 4. The third kappa shape index (κ3) is 5.56. The normalized spacial score (nSPS) is 11.4. The molecule has 1 aromatic carbocycles. The molecule has 0 aliphatic carbocycles. The van der Waals surface area contributed by atoms with Crippen LogP contribution in [0.2, 0.25) is 25.1 Å². The van der Waals surface area contributed by atoms with Gasteiger partial charge in [0, 0.05) is 0 Å². The van der Waals surface area contributed by atoms with E-state index in [-0.39, 0.29) is 37.5 Å². The number of hydrogen-bond donors (Lipinski definition) is 0. The molecule has 0 aromatic heterocycles. The SMILES string of the molecule is CCCCCCOC(=O)C(C)(C)C(=O)Oc1c(Cl)c(Cl)c(Cl)c(Cl)c1Cl. The maximum Gasteiger partial charge on any atom is 0.328 e. The maximum atomic E-state index is 12.5. The Balaban J connectivity index is 2.88. The molecule has 0 saturated heterocycles. The van der Waals surface area contributed by atoms with E-state index in [1.54, 1.807) is 0 Å². The van der Waals surface area contributed by atoms with Crippen molar-refractivity contribution in [1.29, 1.82) is 0 Å². The van der Waals surface area contributed by atoms with Crippen LogP contribution in [0.5, 0.6) is 5.75 Å². The van der Waals surface area contributed by atoms with Crippen LogP contribution in [-0.4, -0.2) is 18.5 Å². The van der Waals surface area contributed by atoms with E-state index in [2.05, 4.69) is 6.92 Å². The molecule has 0 atom stereocenters. The third-order valence-electron chi connectivity index (χ3n) is 3.62. The second kappa shape index (κ2) is 10.2. The Morgan fingerprint density at radius 2 is 1.31 bits per heavy atom. The zero-order chi connectivity index (χ0) is 20.1. The van der Waals surface area contributed by atoms with Gasteiger partial charge in [-0.05, 0) is 20.3 Å². The molecule has 0 aliphatic heterocycles. The number of unbranched alkanes of at least 4 members (excludes halogenated alkanes) is 3. The molecule has 0 bridgehead atoms. The molecule has 0 saturated carbocycles. The van der Waals surface area contributed by atoms with E-state index in [0.29, 0.717) is 0 Å². The molecule has 146 valence electrons. The zero-order valence-electron chi connectivity index (χ0n) is 14.6.